The third-order valence-corrected chi connectivity index (χ3v) is 11.0. The molecule has 2 aliphatic rings. The van der Waals surface area contributed by atoms with E-state index in [0.717, 1.165) is 31.2 Å². The summed E-state index contributed by atoms with van der Waals surface area (Å²) in [6.07, 6.45) is 1.21. The third-order valence-electron chi connectivity index (χ3n) is 10.1. The van der Waals surface area contributed by atoms with Crippen LogP contribution in [0.25, 0.3) is 27.6 Å². The van der Waals surface area contributed by atoms with Gasteiger partial charge in [-0.05, 0) is 94.8 Å². The van der Waals surface area contributed by atoms with Crippen LogP contribution in [-0.2, 0) is 32.5 Å². The van der Waals surface area contributed by atoms with Gasteiger partial charge < -0.3 is 14.8 Å². The van der Waals surface area contributed by atoms with Crippen LogP contribution in [0, 0.1) is 18.6 Å². The minimum Gasteiger partial charge on any atom is -0.444 e. The Balaban J connectivity index is 1.51. The number of fused-ring (bicyclic) bond motifs is 2. The highest BCUT2D eigenvalue weighted by atomic mass is 35.5. The van der Waals surface area contributed by atoms with Gasteiger partial charge in [0, 0.05) is 36.9 Å². The molecule has 1 atom stereocenters. The molecule has 13 nitrogen and oxygen atoms in total. The summed E-state index contributed by atoms with van der Waals surface area (Å²) < 4.78 is 99.4. The Labute approximate surface area is 342 Å². The summed E-state index contributed by atoms with van der Waals surface area (Å²) in [7, 11) is -3.90. The molecule has 7 rings (SSSR count). The molecule has 1 amide bonds. The van der Waals surface area contributed by atoms with Crippen molar-refractivity contribution in [3.8, 4) is 5.69 Å². The Hall–Kier alpha value is -4.81. The number of sulfonamides is 1. The van der Waals surface area contributed by atoms with Crippen molar-refractivity contribution in [2.45, 2.75) is 109 Å². The first-order valence-electron chi connectivity index (χ1n) is 19.2. The lowest BCUT2D eigenvalue weighted by molar-refractivity contribution is -0.0384. The smallest absolute Gasteiger partial charge is 0.408 e. The maximum atomic E-state index is 15.2. The highest BCUT2D eigenvalue weighted by Crippen LogP contribution is 2.41. The molecule has 0 unspecified atom stereocenters. The Morgan fingerprint density at radius 1 is 1.03 bits per heavy atom. The fourth-order valence-corrected chi connectivity index (χ4v) is 8.16. The number of halogens is 5. The zero-order valence-electron chi connectivity index (χ0n) is 33.0. The molecule has 316 valence electrons. The van der Waals surface area contributed by atoms with Crippen LogP contribution in [0.1, 0.15) is 93.9 Å². The molecule has 59 heavy (non-hydrogen) atoms. The van der Waals surface area contributed by atoms with Crippen LogP contribution < -0.4 is 15.6 Å². The van der Waals surface area contributed by atoms with Gasteiger partial charge in [0.05, 0.1) is 58.6 Å². The monoisotopic (exact) mass is 861 g/mol. The molecule has 0 aliphatic heterocycles. The van der Waals surface area contributed by atoms with Gasteiger partial charge >= 0.3 is 6.09 Å². The number of aromatic nitrogens is 5. The molecule has 2 aromatic carbocycles. The summed E-state index contributed by atoms with van der Waals surface area (Å²) in [5.74, 6) is -5.19. The van der Waals surface area contributed by atoms with Gasteiger partial charge in [-0.2, -0.15) is 5.10 Å². The molecule has 3 heterocycles. The number of ether oxygens (including phenoxy) is 2. The van der Waals surface area contributed by atoms with Crippen molar-refractivity contribution in [1.29, 1.82) is 0 Å². The summed E-state index contributed by atoms with van der Waals surface area (Å²) >= 11 is 6.77. The molecule has 0 bridgehead atoms. The zero-order chi connectivity index (χ0) is 42.6. The Morgan fingerprint density at radius 2 is 1.71 bits per heavy atom. The van der Waals surface area contributed by atoms with Crippen LogP contribution in [0.5, 0.6) is 0 Å². The van der Waals surface area contributed by atoms with Gasteiger partial charge in [0.1, 0.15) is 23.1 Å². The number of alkyl halides is 2. The molecule has 2 saturated carbocycles. The van der Waals surface area contributed by atoms with Crippen LogP contribution in [-0.4, -0.2) is 69.3 Å². The van der Waals surface area contributed by atoms with Gasteiger partial charge in [-0.1, -0.05) is 11.6 Å². The van der Waals surface area contributed by atoms with E-state index in [4.69, 9.17) is 31.0 Å². The van der Waals surface area contributed by atoms with Crippen molar-refractivity contribution in [1.82, 2.24) is 29.6 Å². The average Bonchev–Trinajstić information content (AvgIpc) is 3.86. The largest absolute Gasteiger partial charge is 0.444 e. The van der Waals surface area contributed by atoms with Gasteiger partial charge in [0.15, 0.2) is 11.5 Å². The molecule has 5 aromatic rings. The standard InChI is InChI=1S/C40H44ClF4N7O6S/c1-21-16-28(23-10-12-40(44,45)13-11-23)46-34-31(21)37(53)52(36(48-34)29(47-38(54)58-39(2,3)4)19-22-17-24(42)20-25(43)18-22)30-9-8-27(41)32-33(30)51(14-15-57-26-6-7-26)49-35(32)50-59(5,55)56/h8-9,16-18,20,23,26,29H,6-7,10-15,19H2,1-5H3,(H,47,54)(H,49,50)/t29-/m0/s1. The van der Waals surface area contributed by atoms with Gasteiger partial charge in [-0.3, -0.25) is 18.8 Å². The first-order chi connectivity index (χ1) is 27.6. The third kappa shape index (κ3) is 9.81. The normalized spacial score (nSPS) is 16.7. The summed E-state index contributed by atoms with van der Waals surface area (Å²) in [5, 5.41) is 7.60. The van der Waals surface area contributed by atoms with Crippen molar-refractivity contribution in [2.75, 3.05) is 17.6 Å². The molecular weight excluding hydrogens is 818 g/mol. The van der Waals surface area contributed by atoms with E-state index in [2.05, 4.69) is 15.1 Å². The highest BCUT2D eigenvalue weighted by Gasteiger charge is 2.37. The summed E-state index contributed by atoms with van der Waals surface area (Å²) in [5.41, 5.74) is -0.407. The highest BCUT2D eigenvalue weighted by molar-refractivity contribution is 7.92. The molecule has 2 N–H and O–H groups in total. The fourth-order valence-electron chi connectivity index (χ4n) is 7.43. The van der Waals surface area contributed by atoms with E-state index in [1.807, 2.05) is 0 Å². The first kappa shape index (κ1) is 42.3. The Morgan fingerprint density at radius 3 is 2.34 bits per heavy atom. The summed E-state index contributed by atoms with van der Waals surface area (Å²) in [6.45, 7) is 6.88. The van der Waals surface area contributed by atoms with E-state index in [0.29, 0.717) is 17.3 Å². The minimum absolute atomic E-state index is 0.0500. The van der Waals surface area contributed by atoms with Crippen molar-refractivity contribution < 1.29 is 40.2 Å². The number of amides is 1. The molecule has 3 aromatic heterocycles. The number of benzene rings is 2. The second-order valence-electron chi connectivity index (χ2n) is 16.3. The van der Waals surface area contributed by atoms with Gasteiger partial charge in [0.25, 0.3) is 5.56 Å². The van der Waals surface area contributed by atoms with E-state index in [-0.39, 0.29) is 107 Å². The van der Waals surface area contributed by atoms with Crippen LogP contribution in [0.3, 0.4) is 0 Å². The molecule has 2 fully saturated rings. The predicted octanol–water partition coefficient (Wildman–Crippen LogP) is 8.02. The van der Waals surface area contributed by atoms with Crippen LogP contribution in [0.15, 0.2) is 41.2 Å². The van der Waals surface area contributed by atoms with E-state index < -0.39 is 50.9 Å². The number of nitrogens with zero attached hydrogens (tertiary/aromatic N) is 5. The number of carbonyl (C=O) groups is 1. The maximum absolute atomic E-state index is 15.2. The number of pyridine rings is 1. The second kappa shape index (κ2) is 16.0. The van der Waals surface area contributed by atoms with Gasteiger partial charge in [0.2, 0.25) is 15.9 Å². The number of anilines is 1. The average molecular weight is 862 g/mol. The number of carbonyl (C=O) groups excluding carboxylic acids is 1. The Bertz CT molecular complexity index is 2600. The number of hydrogen-bond acceptors (Lipinski definition) is 9. The molecule has 0 saturated heterocycles. The lowest BCUT2D eigenvalue weighted by Crippen LogP contribution is -2.39. The number of rotatable bonds is 12. The maximum Gasteiger partial charge on any atom is 0.408 e. The molecule has 2 aliphatic carbocycles. The SMILES string of the molecule is Cc1cc(C2CCC(F)(F)CC2)nc2nc([C@H](Cc3cc(F)cc(F)c3)NC(=O)OC(C)(C)C)n(-c3ccc(Cl)c4c(NS(C)(=O)=O)nn(CCOC5CC5)c34)c(=O)c12. The lowest BCUT2D eigenvalue weighted by atomic mass is 9.84. The number of aryl methyl sites for hydroxylation is 1. The van der Waals surface area contributed by atoms with Crippen molar-refractivity contribution >= 4 is 55.5 Å². The zero-order valence-corrected chi connectivity index (χ0v) is 34.6. The molecule has 0 radical (unpaired) electrons. The van der Waals surface area contributed by atoms with Crippen LogP contribution in [0.2, 0.25) is 5.02 Å². The van der Waals surface area contributed by atoms with Crippen LogP contribution in [0.4, 0.5) is 28.2 Å². The van der Waals surface area contributed by atoms with E-state index in [1.54, 1.807) is 33.8 Å². The van der Waals surface area contributed by atoms with Gasteiger partial charge in [-0.25, -0.2) is 40.7 Å². The number of hydrogen-bond donors (Lipinski definition) is 2. The molecule has 19 heteroatoms. The van der Waals surface area contributed by atoms with Crippen LogP contribution >= 0.6 is 11.6 Å². The molecule has 0 spiro atoms. The van der Waals surface area contributed by atoms with E-state index >= 15 is 4.79 Å². The Kier molecular flexibility index (Phi) is 11.5. The van der Waals surface area contributed by atoms with Crippen molar-refractivity contribution in [3.63, 3.8) is 0 Å². The quantitative estimate of drug-likeness (QED) is 0.119. The number of alkyl carbamates (subject to hydrolysis) is 1. The van der Waals surface area contributed by atoms with Crippen molar-refractivity contribution in [3.05, 3.63) is 86.1 Å². The van der Waals surface area contributed by atoms with E-state index in [1.165, 1.54) is 21.4 Å². The lowest BCUT2D eigenvalue weighted by Gasteiger charge is -2.28. The van der Waals surface area contributed by atoms with Gasteiger partial charge in [-0.15, -0.1) is 0 Å². The van der Waals surface area contributed by atoms with E-state index in [9.17, 15) is 30.8 Å². The minimum atomic E-state index is -3.90. The summed E-state index contributed by atoms with van der Waals surface area (Å²) in [4.78, 5) is 38.5. The second-order valence-corrected chi connectivity index (χ2v) is 18.4. The van der Waals surface area contributed by atoms with Crippen molar-refractivity contribution in [2.24, 2.45) is 0 Å². The molecular formula is C40H44ClF4N7O6S. The predicted molar refractivity (Wildman–Crippen MR) is 214 cm³/mol. The fraction of sp³-hybridized carbons (Fsp3) is 0.475. The summed E-state index contributed by atoms with van der Waals surface area (Å²) in [6, 6.07) is 6.16. The first-order valence-corrected chi connectivity index (χ1v) is 21.5. The topological polar surface area (TPSA) is 159 Å². The number of nitrogens with one attached hydrogen (secondary N) is 2.